The highest BCUT2D eigenvalue weighted by atomic mass is 19.1. The van der Waals surface area contributed by atoms with E-state index in [9.17, 15) is 9.18 Å². The molecule has 0 spiro atoms. The second-order valence-electron chi connectivity index (χ2n) is 6.35. The monoisotopic (exact) mass is 342 g/mol. The molecule has 1 atom stereocenters. The maximum Gasteiger partial charge on any atom is 0.251 e. The Morgan fingerprint density at radius 1 is 1.20 bits per heavy atom. The Morgan fingerprint density at radius 3 is 2.60 bits per heavy atom. The molecule has 0 aliphatic carbocycles. The molecule has 132 valence electrons. The summed E-state index contributed by atoms with van der Waals surface area (Å²) in [6.07, 6.45) is 0.820. The van der Waals surface area contributed by atoms with E-state index < -0.39 is 0 Å². The third-order valence-corrected chi connectivity index (χ3v) is 4.58. The van der Waals surface area contributed by atoms with Crippen molar-refractivity contribution in [3.05, 3.63) is 65.0 Å². The van der Waals surface area contributed by atoms with Crippen molar-refractivity contribution in [1.29, 1.82) is 0 Å². The van der Waals surface area contributed by atoms with E-state index in [0.29, 0.717) is 18.7 Å². The number of ether oxygens (including phenoxy) is 1. The number of halogens is 1. The van der Waals surface area contributed by atoms with Gasteiger partial charge in [-0.25, -0.2) is 4.39 Å². The quantitative estimate of drug-likeness (QED) is 0.874. The number of rotatable bonds is 6. The number of benzene rings is 2. The molecule has 3 rings (SSSR count). The van der Waals surface area contributed by atoms with Crippen LogP contribution in [-0.2, 0) is 17.8 Å². The van der Waals surface area contributed by atoms with Gasteiger partial charge in [-0.2, -0.15) is 0 Å². The average molecular weight is 342 g/mol. The van der Waals surface area contributed by atoms with Crippen molar-refractivity contribution in [2.45, 2.75) is 32.5 Å². The summed E-state index contributed by atoms with van der Waals surface area (Å²) in [4.78, 5) is 14.5. The molecule has 2 aromatic carbocycles. The highest BCUT2D eigenvalue weighted by Gasteiger charge is 2.20. The van der Waals surface area contributed by atoms with Gasteiger partial charge < -0.3 is 15.0 Å². The van der Waals surface area contributed by atoms with E-state index in [1.807, 2.05) is 37.3 Å². The van der Waals surface area contributed by atoms with E-state index in [4.69, 9.17) is 4.74 Å². The second-order valence-corrected chi connectivity index (χ2v) is 6.35. The van der Waals surface area contributed by atoms with Crippen LogP contribution in [0.3, 0.4) is 0 Å². The minimum Gasteiger partial charge on any atom is -0.383 e. The fourth-order valence-corrected chi connectivity index (χ4v) is 3.10. The first-order chi connectivity index (χ1) is 12.1. The number of carbonyl (C=O) groups is 1. The van der Waals surface area contributed by atoms with Gasteiger partial charge in [0, 0.05) is 31.5 Å². The van der Waals surface area contributed by atoms with Crippen LogP contribution in [0.4, 0.5) is 10.1 Å². The first kappa shape index (κ1) is 17.4. The van der Waals surface area contributed by atoms with Crippen molar-refractivity contribution in [3.63, 3.8) is 0 Å². The molecule has 1 unspecified atom stereocenters. The zero-order chi connectivity index (χ0) is 17.8. The number of methoxy groups -OCH3 is 1. The molecule has 1 aliphatic rings. The van der Waals surface area contributed by atoms with Gasteiger partial charge in [-0.3, -0.25) is 4.79 Å². The number of fused-ring (bicyclic) bond motifs is 1. The van der Waals surface area contributed by atoms with E-state index in [1.165, 1.54) is 6.07 Å². The van der Waals surface area contributed by atoms with Crippen LogP contribution in [0.1, 0.15) is 34.8 Å². The first-order valence-electron chi connectivity index (χ1n) is 8.52. The van der Waals surface area contributed by atoms with Gasteiger partial charge in [0.2, 0.25) is 0 Å². The SMILES string of the molecule is CCC(COC)NC(=O)c1ccc(N2Cc3ccc(F)cc3C2)cc1. The van der Waals surface area contributed by atoms with Crippen LogP contribution in [0.5, 0.6) is 0 Å². The molecular weight excluding hydrogens is 319 g/mol. The van der Waals surface area contributed by atoms with E-state index in [1.54, 1.807) is 13.2 Å². The van der Waals surface area contributed by atoms with Gasteiger partial charge >= 0.3 is 0 Å². The highest BCUT2D eigenvalue weighted by Crippen LogP contribution is 2.28. The largest absolute Gasteiger partial charge is 0.383 e. The number of carbonyl (C=O) groups excluding carboxylic acids is 1. The summed E-state index contributed by atoms with van der Waals surface area (Å²) in [5.41, 5.74) is 3.82. The number of hydrogen-bond donors (Lipinski definition) is 1. The van der Waals surface area contributed by atoms with E-state index in [2.05, 4.69) is 10.2 Å². The molecule has 5 heteroatoms. The molecule has 1 amide bonds. The van der Waals surface area contributed by atoms with Crippen LogP contribution in [0.15, 0.2) is 42.5 Å². The normalized spacial score (nSPS) is 14.3. The molecule has 2 aromatic rings. The number of nitrogens with zero attached hydrogens (tertiary/aromatic N) is 1. The zero-order valence-corrected chi connectivity index (χ0v) is 14.6. The highest BCUT2D eigenvalue weighted by molar-refractivity contribution is 5.94. The summed E-state index contributed by atoms with van der Waals surface area (Å²) in [6.45, 7) is 3.96. The Kier molecular flexibility index (Phi) is 5.34. The maximum atomic E-state index is 13.3. The van der Waals surface area contributed by atoms with Gasteiger partial charge in [-0.15, -0.1) is 0 Å². The smallest absolute Gasteiger partial charge is 0.251 e. The van der Waals surface area contributed by atoms with Crippen LogP contribution in [0, 0.1) is 5.82 Å². The minimum atomic E-state index is -0.200. The van der Waals surface area contributed by atoms with Gasteiger partial charge in [0.1, 0.15) is 5.82 Å². The summed E-state index contributed by atoms with van der Waals surface area (Å²) in [5.74, 6) is -0.295. The van der Waals surface area contributed by atoms with Gasteiger partial charge in [-0.05, 0) is 53.9 Å². The lowest BCUT2D eigenvalue weighted by atomic mass is 10.1. The van der Waals surface area contributed by atoms with Crippen molar-refractivity contribution in [1.82, 2.24) is 5.32 Å². The fraction of sp³-hybridized carbons (Fsp3) is 0.350. The van der Waals surface area contributed by atoms with Crippen molar-refractivity contribution in [3.8, 4) is 0 Å². The molecule has 1 N–H and O–H groups in total. The molecule has 1 aliphatic heterocycles. The van der Waals surface area contributed by atoms with Crippen molar-refractivity contribution in [2.75, 3.05) is 18.6 Å². The predicted molar refractivity (Wildman–Crippen MR) is 96.2 cm³/mol. The molecular formula is C20H23FN2O2. The van der Waals surface area contributed by atoms with Crippen molar-refractivity contribution < 1.29 is 13.9 Å². The Hall–Kier alpha value is -2.40. The second kappa shape index (κ2) is 7.66. The third kappa shape index (κ3) is 3.99. The standard InChI is InChI=1S/C20H23FN2O2/c1-3-18(13-25-2)22-20(24)14-5-8-19(9-6-14)23-11-15-4-7-17(21)10-16(15)12-23/h4-10,18H,3,11-13H2,1-2H3,(H,22,24). The van der Waals surface area contributed by atoms with Crippen LogP contribution in [-0.4, -0.2) is 25.7 Å². The molecule has 0 saturated heterocycles. The third-order valence-electron chi connectivity index (χ3n) is 4.58. The van der Waals surface area contributed by atoms with Gasteiger partial charge in [0.15, 0.2) is 0 Å². The Bertz CT molecular complexity index is 746. The van der Waals surface area contributed by atoms with Gasteiger partial charge in [0.05, 0.1) is 12.6 Å². The minimum absolute atomic E-state index is 0.0140. The maximum absolute atomic E-state index is 13.3. The molecule has 25 heavy (non-hydrogen) atoms. The molecule has 0 fully saturated rings. The predicted octanol–water partition coefficient (Wildman–Crippen LogP) is 3.50. The summed E-state index contributed by atoms with van der Waals surface area (Å²) in [5, 5.41) is 2.97. The average Bonchev–Trinajstić information content (AvgIpc) is 3.04. The molecule has 0 saturated carbocycles. The van der Waals surface area contributed by atoms with Crippen LogP contribution in [0.25, 0.3) is 0 Å². The van der Waals surface area contributed by atoms with E-state index in [0.717, 1.165) is 29.8 Å². The number of hydrogen-bond acceptors (Lipinski definition) is 3. The Morgan fingerprint density at radius 2 is 1.92 bits per heavy atom. The number of nitrogens with one attached hydrogen (secondary N) is 1. The first-order valence-corrected chi connectivity index (χ1v) is 8.52. The zero-order valence-electron chi connectivity index (χ0n) is 14.6. The van der Waals surface area contributed by atoms with E-state index >= 15 is 0 Å². The number of anilines is 1. The van der Waals surface area contributed by atoms with Gasteiger partial charge in [-0.1, -0.05) is 13.0 Å². The lowest BCUT2D eigenvalue weighted by Crippen LogP contribution is -2.37. The Labute approximate surface area is 147 Å². The lowest BCUT2D eigenvalue weighted by Gasteiger charge is -2.19. The van der Waals surface area contributed by atoms with Gasteiger partial charge in [0.25, 0.3) is 5.91 Å². The van der Waals surface area contributed by atoms with Crippen LogP contribution < -0.4 is 10.2 Å². The molecule has 1 heterocycles. The Balaban J connectivity index is 1.66. The topological polar surface area (TPSA) is 41.6 Å². The lowest BCUT2D eigenvalue weighted by molar-refractivity contribution is 0.0894. The number of amides is 1. The summed E-state index contributed by atoms with van der Waals surface area (Å²) in [6, 6.07) is 12.5. The summed E-state index contributed by atoms with van der Waals surface area (Å²) < 4.78 is 18.5. The van der Waals surface area contributed by atoms with Crippen LogP contribution >= 0.6 is 0 Å². The fourth-order valence-electron chi connectivity index (χ4n) is 3.10. The van der Waals surface area contributed by atoms with Crippen molar-refractivity contribution in [2.24, 2.45) is 0 Å². The molecule has 0 aromatic heterocycles. The molecule has 4 nitrogen and oxygen atoms in total. The van der Waals surface area contributed by atoms with Crippen molar-refractivity contribution >= 4 is 11.6 Å². The summed E-state index contributed by atoms with van der Waals surface area (Å²) in [7, 11) is 1.63. The summed E-state index contributed by atoms with van der Waals surface area (Å²) >= 11 is 0. The van der Waals surface area contributed by atoms with E-state index in [-0.39, 0.29) is 17.8 Å². The molecule has 0 bridgehead atoms. The molecule has 0 radical (unpaired) electrons. The van der Waals surface area contributed by atoms with Crippen LogP contribution in [0.2, 0.25) is 0 Å².